The van der Waals surface area contributed by atoms with Crippen molar-refractivity contribution in [3.8, 4) is 0 Å². The van der Waals surface area contributed by atoms with E-state index in [0.717, 1.165) is 25.7 Å². The first kappa shape index (κ1) is 9.02. The van der Waals surface area contributed by atoms with Gasteiger partial charge < -0.3 is 9.90 Å². The van der Waals surface area contributed by atoms with Gasteiger partial charge in [0.05, 0.1) is 0 Å². The van der Waals surface area contributed by atoms with Gasteiger partial charge in [-0.15, -0.1) is 11.6 Å². The Bertz CT molecular complexity index is 286. The minimum atomic E-state index is -0.850. The number of carboxylic acid groups (broad SMARTS) is 1. The minimum Gasteiger partial charge on any atom is -0.550 e. The number of carbonyl (C=O) groups excluding carboxylic acids is 1. The lowest BCUT2D eigenvalue weighted by Crippen LogP contribution is -2.59. The van der Waals surface area contributed by atoms with Crippen molar-refractivity contribution in [3.63, 3.8) is 0 Å². The summed E-state index contributed by atoms with van der Waals surface area (Å²) in [6, 6.07) is 0. The zero-order valence-electron chi connectivity index (χ0n) is 8.09. The summed E-state index contributed by atoms with van der Waals surface area (Å²) in [5.41, 5.74) is -0.564. The molecule has 0 aromatic heterocycles. The lowest BCUT2D eigenvalue weighted by atomic mass is 9.49. The summed E-state index contributed by atoms with van der Waals surface area (Å²) >= 11 is 6.47. The number of aliphatic carboxylic acids is 1. The van der Waals surface area contributed by atoms with E-state index < -0.39 is 11.4 Å². The Labute approximate surface area is 88.6 Å². The number of hydrogen-bond donors (Lipinski definition) is 0. The van der Waals surface area contributed by atoms with Gasteiger partial charge in [0.2, 0.25) is 0 Å². The molecule has 3 heteroatoms. The summed E-state index contributed by atoms with van der Waals surface area (Å²) in [5, 5.41) is 11.2. The molecule has 2 unspecified atom stereocenters. The van der Waals surface area contributed by atoms with Crippen molar-refractivity contribution in [2.45, 2.75) is 43.4 Å². The van der Waals surface area contributed by atoms with E-state index in [1.807, 2.05) is 0 Å². The molecule has 4 saturated carbocycles. The van der Waals surface area contributed by atoms with Gasteiger partial charge in [-0.05, 0) is 50.4 Å². The number of carbonyl (C=O) groups is 1. The van der Waals surface area contributed by atoms with E-state index in [4.69, 9.17) is 11.6 Å². The van der Waals surface area contributed by atoms with Crippen LogP contribution in [0.1, 0.15) is 38.5 Å². The van der Waals surface area contributed by atoms with Crippen molar-refractivity contribution in [3.05, 3.63) is 0 Å². The Balaban J connectivity index is 2.00. The maximum atomic E-state index is 11.2. The molecule has 4 rings (SSSR count). The lowest BCUT2D eigenvalue weighted by molar-refractivity contribution is -0.326. The Kier molecular flexibility index (Phi) is 1.59. The summed E-state index contributed by atoms with van der Waals surface area (Å²) in [4.78, 5) is 11.0. The Morgan fingerprint density at radius 1 is 1.21 bits per heavy atom. The molecule has 78 valence electrons. The van der Waals surface area contributed by atoms with Gasteiger partial charge in [0.25, 0.3) is 0 Å². The van der Waals surface area contributed by atoms with Gasteiger partial charge >= 0.3 is 0 Å². The lowest BCUT2D eigenvalue weighted by Gasteiger charge is -2.60. The fourth-order valence-corrected chi connectivity index (χ4v) is 5.08. The molecule has 0 aliphatic heterocycles. The zero-order chi connectivity index (χ0) is 9.97. The van der Waals surface area contributed by atoms with E-state index in [2.05, 4.69) is 0 Å². The molecule has 0 N–H and O–H groups in total. The van der Waals surface area contributed by atoms with Crippen molar-refractivity contribution >= 4 is 17.6 Å². The highest BCUT2D eigenvalue weighted by molar-refractivity contribution is 6.24. The Hall–Kier alpha value is -0.240. The van der Waals surface area contributed by atoms with Crippen LogP contribution in [0.4, 0.5) is 0 Å². The normalized spacial score (nSPS) is 54.9. The molecule has 0 spiro atoms. The fourth-order valence-electron chi connectivity index (χ4n) is 4.39. The maximum Gasteiger partial charge on any atom is 0.0477 e. The summed E-state index contributed by atoms with van der Waals surface area (Å²) in [7, 11) is 0. The van der Waals surface area contributed by atoms with Crippen LogP contribution in [-0.4, -0.2) is 10.8 Å². The van der Waals surface area contributed by atoms with Crippen LogP contribution in [0.5, 0.6) is 0 Å². The number of rotatable bonds is 1. The van der Waals surface area contributed by atoms with Crippen LogP contribution < -0.4 is 5.11 Å². The smallest absolute Gasteiger partial charge is 0.0477 e. The third kappa shape index (κ3) is 1.06. The highest BCUT2D eigenvalue weighted by atomic mass is 35.5. The Morgan fingerprint density at radius 2 is 1.79 bits per heavy atom. The van der Waals surface area contributed by atoms with Gasteiger partial charge in [0.15, 0.2) is 0 Å². The SMILES string of the molecule is O=C([O-])C12CC3CC(CC(Cl)(C3)C1)C2. The highest BCUT2D eigenvalue weighted by Gasteiger charge is 2.57. The molecule has 0 radical (unpaired) electrons. The number of alkyl halides is 1. The standard InChI is InChI=1S/C11H15ClO2/c12-11-4-7-1-8(5-11)3-10(2-7,6-11)9(13)14/h7-8H,1-6H2,(H,13,14)/p-1. The monoisotopic (exact) mass is 213 g/mol. The minimum absolute atomic E-state index is 0.204. The van der Waals surface area contributed by atoms with E-state index in [1.54, 1.807) is 0 Å². The molecule has 4 aliphatic carbocycles. The Morgan fingerprint density at radius 3 is 2.21 bits per heavy atom. The molecule has 4 aliphatic rings. The van der Waals surface area contributed by atoms with E-state index in [1.165, 1.54) is 6.42 Å². The predicted octanol–water partition coefficient (Wildman–Crippen LogP) is 1.31. The highest BCUT2D eigenvalue weighted by Crippen LogP contribution is 2.63. The van der Waals surface area contributed by atoms with Crippen molar-refractivity contribution in [1.82, 2.24) is 0 Å². The molecule has 0 aromatic rings. The summed E-state index contributed by atoms with van der Waals surface area (Å²) in [5.74, 6) is 0.245. The summed E-state index contributed by atoms with van der Waals surface area (Å²) in [6.45, 7) is 0. The first-order valence-electron chi connectivity index (χ1n) is 5.42. The third-order valence-corrected chi connectivity index (χ3v) is 4.86. The first-order chi connectivity index (χ1) is 6.51. The zero-order valence-corrected chi connectivity index (χ0v) is 8.85. The fraction of sp³-hybridized carbons (Fsp3) is 0.909. The van der Waals surface area contributed by atoms with E-state index in [9.17, 15) is 9.90 Å². The summed E-state index contributed by atoms with van der Waals surface area (Å²) in [6.07, 6.45) is 5.54. The van der Waals surface area contributed by atoms with Crippen LogP contribution in [0.25, 0.3) is 0 Å². The van der Waals surface area contributed by atoms with Crippen LogP contribution in [0.2, 0.25) is 0 Å². The quantitative estimate of drug-likeness (QED) is 0.617. The van der Waals surface area contributed by atoms with Crippen LogP contribution >= 0.6 is 11.6 Å². The van der Waals surface area contributed by atoms with Gasteiger partial charge in [-0.3, -0.25) is 0 Å². The second kappa shape index (κ2) is 2.46. The molecule has 0 amide bonds. The van der Waals surface area contributed by atoms with Crippen molar-refractivity contribution in [1.29, 1.82) is 0 Å². The van der Waals surface area contributed by atoms with Gasteiger partial charge in [0, 0.05) is 16.3 Å². The van der Waals surface area contributed by atoms with Gasteiger partial charge in [-0.1, -0.05) is 0 Å². The molecule has 2 atom stereocenters. The molecular formula is C11H14ClO2-. The molecule has 0 heterocycles. The van der Waals surface area contributed by atoms with Gasteiger partial charge in [-0.25, -0.2) is 0 Å². The molecule has 4 bridgehead atoms. The predicted molar refractivity (Wildman–Crippen MR) is 50.7 cm³/mol. The second-order valence-electron chi connectivity index (χ2n) is 5.68. The van der Waals surface area contributed by atoms with Gasteiger partial charge in [-0.2, -0.15) is 0 Å². The summed E-state index contributed by atoms with van der Waals surface area (Å²) < 4.78 is 0. The van der Waals surface area contributed by atoms with Gasteiger partial charge in [0.1, 0.15) is 0 Å². The molecule has 4 fully saturated rings. The van der Waals surface area contributed by atoms with Crippen LogP contribution in [0.15, 0.2) is 0 Å². The third-order valence-electron chi connectivity index (χ3n) is 4.42. The largest absolute Gasteiger partial charge is 0.550 e. The maximum absolute atomic E-state index is 11.2. The molecular weight excluding hydrogens is 200 g/mol. The number of carboxylic acids is 1. The van der Waals surface area contributed by atoms with Crippen LogP contribution in [0.3, 0.4) is 0 Å². The van der Waals surface area contributed by atoms with Crippen molar-refractivity contribution in [2.75, 3.05) is 0 Å². The number of hydrogen-bond acceptors (Lipinski definition) is 2. The number of halogens is 1. The van der Waals surface area contributed by atoms with Crippen LogP contribution in [-0.2, 0) is 4.79 Å². The average molecular weight is 214 g/mol. The molecule has 2 nitrogen and oxygen atoms in total. The van der Waals surface area contributed by atoms with Crippen molar-refractivity contribution in [2.24, 2.45) is 17.3 Å². The molecule has 0 saturated heterocycles. The van der Waals surface area contributed by atoms with Crippen LogP contribution in [0, 0.1) is 17.3 Å². The van der Waals surface area contributed by atoms with E-state index in [-0.39, 0.29) is 4.87 Å². The van der Waals surface area contributed by atoms with E-state index >= 15 is 0 Å². The second-order valence-corrected chi connectivity index (χ2v) is 6.48. The van der Waals surface area contributed by atoms with E-state index in [0.29, 0.717) is 18.3 Å². The first-order valence-corrected chi connectivity index (χ1v) is 5.80. The average Bonchev–Trinajstić information content (AvgIpc) is 1.98. The molecule has 0 aromatic carbocycles. The topological polar surface area (TPSA) is 40.1 Å². The van der Waals surface area contributed by atoms with Crippen molar-refractivity contribution < 1.29 is 9.90 Å². The molecule has 14 heavy (non-hydrogen) atoms.